The number of aromatic nitrogens is 2. The van der Waals surface area contributed by atoms with Crippen LogP contribution in [0.3, 0.4) is 0 Å². The van der Waals surface area contributed by atoms with Gasteiger partial charge in [-0.2, -0.15) is 4.98 Å². The van der Waals surface area contributed by atoms with E-state index in [1.165, 1.54) is 11.1 Å². The highest BCUT2D eigenvalue weighted by Crippen LogP contribution is 2.31. The monoisotopic (exact) mass is 269 g/mol. The molecule has 20 heavy (non-hydrogen) atoms. The van der Waals surface area contributed by atoms with Gasteiger partial charge in [-0.25, -0.2) is 0 Å². The predicted molar refractivity (Wildman–Crippen MR) is 75.6 cm³/mol. The van der Waals surface area contributed by atoms with E-state index in [0.29, 0.717) is 11.8 Å². The molecule has 0 saturated carbocycles. The summed E-state index contributed by atoms with van der Waals surface area (Å²) in [5.74, 6) is 2.81. The molecule has 0 radical (unpaired) electrons. The Morgan fingerprint density at radius 3 is 2.85 bits per heavy atom. The number of hydrogen-bond acceptors (Lipinski definition) is 4. The van der Waals surface area contributed by atoms with Crippen molar-refractivity contribution < 1.29 is 4.52 Å². The molecule has 2 aromatic rings. The number of nitrogens with one attached hydrogen (secondary N) is 1. The second-order valence-electron chi connectivity index (χ2n) is 5.98. The van der Waals surface area contributed by atoms with Crippen molar-refractivity contribution in [2.45, 2.75) is 31.6 Å². The summed E-state index contributed by atoms with van der Waals surface area (Å²) in [6, 6.07) is 8.70. The zero-order valence-corrected chi connectivity index (χ0v) is 11.5. The second-order valence-corrected chi connectivity index (χ2v) is 5.98. The van der Waals surface area contributed by atoms with Gasteiger partial charge >= 0.3 is 0 Å². The van der Waals surface area contributed by atoms with Crippen LogP contribution in [0.2, 0.25) is 0 Å². The molecule has 1 aromatic heterocycles. The average molecular weight is 269 g/mol. The molecule has 0 bridgehead atoms. The van der Waals surface area contributed by atoms with E-state index < -0.39 is 0 Å². The first-order valence-electron chi connectivity index (χ1n) is 7.48. The van der Waals surface area contributed by atoms with Crippen LogP contribution in [0.25, 0.3) is 0 Å². The van der Waals surface area contributed by atoms with E-state index in [0.717, 1.165) is 50.5 Å². The molecule has 104 valence electrons. The lowest BCUT2D eigenvalue weighted by molar-refractivity contribution is 0.294. The topological polar surface area (TPSA) is 51.0 Å². The Morgan fingerprint density at radius 2 is 2.05 bits per heavy atom. The normalized spacial score (nSPS) is 22.3. The Balaban J connectivity index is 1.48. The van der Waals surface area contributed by atoms with Gasteiger partial charge in [0.25, 0.3) is 0 Å². The standard InChI is InChI=1S/C16H19N3O/c1-2-4-13-8-14(6-5-12(13)3-1)16-18-15(20-19-16)7-11-9-17-10-11/h1-4,11,14,17H,5-10H2. The third-order valence-electron chi connectivity index (χ3n) is 4.53. The summed E-state index contributed by atoms with van der Waals surface area (Å²) in [7, 11) is 0. The first-order valence-corrected chi connectivity index (χ1v) is 7.48. The summed E-state index contributed by atoms with van der Waals surface area (Å²) in [5.41, 5.74) is 2.92. The van der Waals surface area contributed by atoms with Gasteiger partial charge in [0.15, 0.2) is 5.82 Å². The molecule has 0 spiro atoms. The fourth-order valence-electron chi connectivity index (χ4n) is 3.17. The summed E-state index contributed by atoms with van der Waals surface area (Å²) in [5, 5.41) is 7.49. The minimum atomic E-state index is 0.418. The number of benzene rings is 1. The van der Waals surface area contributed by atoms with Crippen LogP contribution in [0.4, 0.5) is 0 Å². The van der Waals surface area contributed by atoms with Crippen LogP contribution in [0.1, 0.15) is 35.2 Å². The van der Waals surface area contributed by atoms with E-state index >= 15 is 0 Å². The Hall–Kier alpha value is -1.68. The molecule has 1 saturated heterocycles. The quantitative estimate of drug-likeness (QED) is 0.927. The summed E-state index contributed by atoms with van der Waals surface area (Å²) >= 11 is 0. The van der Waals surface area contributed by atoms with E-state index in [1.807, 2.05) is 0 Å². The van der Waals surface area contributed by atoms with Crippen LogP contribution in [0.15, 0.2) is 28.8 Å². The zero-order valence-electron chi connectivity index (χ0n) is 11.5. The Morgan fingerprint density at radius 1 is 1.20 bits per heavy atom. The molecule has 1 fully saturated rings. The molecule has 4 rings (SSSR count). The molecule has 1 aromatic carbocycles. The van der Waals surface area contributed by atoms with E-state index in [2.05, 4.69) is 39.7 Å². The lowest BCUT2D eigenvalue weighted by atomic mass is 9.83. The highest BCUT2D eigenvalue weighted by Gasteiger charge is 2.25. The van der Waals surface area contributed by atoms with Gasteiger partial charge < -0.3 is 9.84 Å². The number of rotatable bonds is 3. The third-order valence-corrected chi connectivity index (χ3v) is 4.53. The fourth-order valence-corrected chi connectivity index (χ4v) is 3.17. The summed E-state index contributed by atoms with van der Waals surface area (Å²) in [6.45, 7) is 2.16. The van der Waals surface area contributed by atoms with Gasteiger partial charge in [0.05, 0.1) is 0 Å². The molecular weight excluding hydrogens is 250 g/mol. The van der Waals surface area contributed by atoms with E-state index in [-0.39, 0.29) is 0 Å². The second kappa shape index (κ2) is 5.02. The Bertz CT molecular complexity index is 603. The molecule has 2 aliphatic rings. The minimum absolute atomic E-state index is 0.418. The lowest BCUT2D eigenvalue weighted by Gasteiger charge is -2.25. The smallest absolute Gasteiger partial charge is 0.227 e. The van der Waals surface area contributed by atoms with Gasteiger partial charge in [-0.1, -0.05) is 29.4 Å². The predicted octanol–water partition coefficient (Wildman–Crippen LogP) is 2.10. The Kier molecular flexibility index (Phi) is 3.03. The van der Waals surface area contributed by atoms with Crippen molar-refractivity contribution in [3.05, 3.63) is 47.1 Å². The third kappa shape index (κ3) is 2.24. The molecule has 1 N–H and O–H groups in total. The summed E-state index contributed by atoms with van der Waals surface area (Å²) < 4.78 is 5.42. The largest absolute Gasteiger partial charge is 0.339 e. The van der Waals surface area contributed by atoms with Crippen LogP contribution in [0, 0.1) is 5.92 Å². The molecular formula is C16H19N3O. The number of nitrogens with zero attached hydrogens (tertiary/aromatic N) is 2. The highest BCUT2D eigenvalue weighted by molar-refractivity contribution is 5.31. The zero-order chi connectivity index (χ0) is 13.4. The maximum Gasteiger partial charge on any atom is 0.227 e. The number of hydrogen-bond donors (Lipinski definition) is 1. The van der Waals surface area contributed by atoms with Gasteiger partial charge in [-0.05, 0) is 49.4 Å². The van der Waals surface area contributed by atoms with Gasteiger partial charge in [-0.15, -0.1) is 0 Å². The van der Waals surface area contributed by atoms with Crippen LogP contribution in [0.5, 0.6) is 0 Å². The molecule has 1 aliphatic carbocycles. The van der Waals surface area contributed by atoms with Crippen molar-refractivity contribution in [1.82, 2.24) is 15.5 Å². The highest BCUT2D eigenvalue weighted by atomic mass is 16.5. The number of fused-ring (bicyclic) bond motifs is 1. The molecule has 0 amide bonds. The maximum atomic E-state index is 5.42. The van der Waals surface area contributed by atoms with Gasteiger partial charge in [0, 0.05) is 12.3 Å². The van der Waals surface area contributed by atoms with Gasteiger partial charge in [0.1, 0.15) is 0 Å². The van der Waals surface area contributed by atoms with Crippen LogP contribution in [-0.4, -0.2) is 23.2 Å². The van der Waals surface area contributed by atoms with Crippen molar-refractivity contribution in [1.29, 1.82) is 0 Å². The average Bonchev–Trinajstić information content (AvgIpc) is 2.91. The molecule has 1 aliphatic heterocycles. The lowest BCUT2D eigenvalue weighted by Crippen LogP contribution is -2.43. The minimum Gasteiger partial charge on any atom is -0.339 e. The summed E-state index contributed by atoms with van der Waals surface area (Å²) in [4.78, 5) is 4.62. The molecule has 1 atom stereocenters. The van der Waals surface area contributed by atoms with Crippen LogP contribution >= 0.6 is 0 Å². The van der Waals surface area contributed by atoms with Gasteiger partial charge in [0.2, 0.25) is 5.89 Å². The van der Waals surface area contributed by atoms with Crippen molar-refractivity contribution in [2.75, 3.05) is 13.1 Å². The summed E-state index contributed by atoms with van der Waals surface area (Å²) in [6.07, 6.45) is 4.21. The maximum absolute atomic E-state index is 5.42. The Labute approximate surface area is 118 Å². The first kappa shape index (κ1) is 12.1. The van der Waals surface area contributed by atoms with Crippen molar-refractivity contribution >= 4 is 0 Å². The molecule has 1 unspecified atom stereocenters. The molecule has 4 nitrogen and oxygen atoms in total. The van der Waals surface area contributed by atoms with Crippen LogP contribution < -0.4 is 5.32 Å². The fraction of sp³-hybridized carbons (Fsp3) is 0.500. The first-order chi connectivity index (χ1) is 9.88. The number of aryl methyl sites for hydroxylation is 1. The van der Waals surface area contributed by atoms with Crippen LogP contribution in [-0.2, 0) is 19.3 Å². The van der Waals surface area contributed by atoms with Crippen molar-refractivity contribution in [2.24, 2.45) is 5.92 Å². The van der Waals surface area contributed by atoms with E-state index in [1.54, 1.807) is 0 Å². The molecule has 2 heterocycles. The van der Waals surface area contributed by atoms with E-state index in [4.69, 9.17) is 4.52 Å². The molecule has 4 heteroatoms. The van der Waals surface area contributed by atoms with Gasteiger partial charge in [-0.3, -0.25) is 0 Å². The SMILES string of the molecule is c1ccc2c(c1)CCC(c1noc(CC3CNC3)n1)C2. The van der Waals surface area contributed by atoms with Crippen molar-refractivity contribution in [3.63, 3.8) is 0 Å². The van der Waals surface area contributed by atoms with E-state index in [9.17, 15) is 0 Å². The van der Waals surface area contributed by atoms with Crippen molar-refractivity contribution in [3.8, 4) is 0 Å².